The molecule has 0 atom stereocenters. The van der Waals surface area contributed by atoms with Gasteiger partial charge in [0, 0.05) is 18.8 Å². The minimum Gasteiger partial charge on any atom is -0.341 e. The number of nitrogens with zero attached hydrogens (tertiary/aromatic N) is 3. The molecule has 0 saturated heterocycles. The maximum atomic E-state index is 11.6. The zero-order valence-corrected chi connectivity index (χ0v) is 10.4. The monoisotopic (exact) mass is 251 g/mol. The molecule has 2 N–H and O–H groups in total. The minimum absolute atomic E-state index is 0.269. The van der Waals surface area contributed by atoms with Crippen LogP contribution >= 0.6 is 11.3 Å². The van der Waals surface area contributed by atoms with Crippen molar-refractivity contribution in [2.24, 2.45) is 5.92 Å². The van der Waals surface area contributed by atoms with Crippen LogP contribution in [-0.2, 0) is 6.42 Å². The molecule has 0 bridgehead atoms. The van der Waals surface area contributed by atoms with E-state index in [1.165, 1.54) is 17.5 Å². The second-order valence-electron chi connectivity index (χ2n) is 3.99. The van der Waals surface area contributed by atoms with E-state index in [1.807, 2.05) is 0 Å². The van der Waals surface area contributed by atoms with Crippen LogP contribution in [0.4, 0.5) is 5.13 Å². The number of hydrogen-bond acceptors (Lipinski definition) is 5. The van der Waals surface area contributed by atoms with Gasteiger partial charge in [-0.2, -0.15) is 0 Å². The SMILES string of the molecule is CC(C)Cc1nnc(NC(=O)c2ncc[nH]2)s1. The lowest BCUT2D eigenvalue weighted by molar-refractivity contribution is 0.101. The summed E-state index contributed by atoms with van der Waals surface area (Å²) >= 11 is 1.39. The lowest BCUT2D eigenvalue weighted by Gasteiger charge is -1.97. The number of aromatic nitrogens is 4. The van der Waals surface area contributed by atoms with E-state index in [4.69, 9.17) is 0 Å². The van der Waals surface area contributed by atoms with Gasteiger partial charge in [-0.15, -0.1) is 10.2 Å². The zero-order chi connectivity index (χ0) is 12.3. The molecule has 0 spiro atoms. The summed E-state index contributed by atoms with van der Waals surface area (Å²) in [6, 6.07) is 0. The van der Waals surface area contributed by atoms with Gasteiger partial charge in [-0.05, 0) is 5.92 Å². The van der Waals surface area contributed by atoms with Gasteiger partial charge in [-0.3, -0.25) is 10.1 Å². The fourth-order valence-electron chi connectivity index (χ4n) is 1.28. The average molecular weight is 251 g/mol. The zero-order valence-electron chi connectivity index (χ0n) is 9.60. The molecular formula is C10H13N5OS. The van der Waals surface area contributed by atoms with Crippen LogP contribution in [0, 0.1) is 5.92 Å². The Bertz CT molecular complexity index is 491. The van der Waals surface area contributed by atoms with Crippen LogP contribution in [0.25, 0.3) is 0 Å². The smallest absolute Gasteiger partial charge is 0.293 e. The molecule has 0 aliphatic rings. The first-order chi connectivity index (χ1) is 8.15. The first-order valence-corrected chi connectivity index (χ1v) is 6.10. The van der Waals surface area contributed by atoms with E-state index in [9.17, 15) is 4.79 Å². The van der Waals surface area contributed by atoms with Gasteiger partial charge in [0.05, 0.1) is 0 Å². The summed E-state index contributed by atoms with van der Waals surface area (Å²) in [5.74, 6) is 0.490. The van der Waals surface area contributed by atoms with Crippen molar-refractivity contribution in [1.82, 2.24) is 20.2 Å². The third kappa shape index (κ3) is 3.10. The Morgan fingerprint density at radius 1 is 1.53 bits per heavy atom. The number of anilines is 1. The lowest BCUT2D eigenvalue weighted by Crippen LogP contribution is -2.13. The molecule has 6 nitrogen and oxygen atoms in total. The number of rotatable bonds is 4. The van der Waals surface area contributed by atoms with Crippen molar-refractivity contribution in [1.29, 1.82) is 0 Å². The molecule has 0 saturated carbocycles. The topological polar surface area (TPSA) is 83.6 Å². The van der Waals surface area contributed by atoms with Gasteiger partial charge in [-0.25, -0.2) is 4.98 Å². The Balaban J connectivity index is 1.99. The maximum absolute atomic E-state index is 11.6. The average Bonchev–Trinajstić information content (AvgIpc) is 2.87. The fraction of sp³-hybridized carbons (Fsp3) is 0.400. The molecule has 2 heterocycles. The number of imidazole rings is 1. The Labute approximate surface area is 103 Å². The van der Waals surface area contributed by atoms with Gasteiger partial charge in [0.15, 0.2) is 5.82 Å². The Kier molecular flexibility index (Phi) is 3.48. The van der Waals surface area contributed by atoms with Crippen LogP contribution < -0.4 is 5.32 Å². The van der Waals surface area contributed by atoms with Crippen molar-refractivity contribution in [3.63, 3.8) is 0 Å². The van der Waals surface area contributed by atoms with Crippen LogP contribution in [0.15, 0.2) is 12.4 Å². The molecule has 0 unspecified atom stereocenters. The molecule has 7 heteroatoms. The molecule has 2 aromatic rings. The van der Waals surface area contributed by atoms with Crippen molar-refractivity contribution >= 4 is 22.4 Å². The van der Waals surface area contributed by atoms with Gasteiger partial charge in [0.1, 0.15) is 5.01 Å². The normalized spacial score (nSPS) is 10.8. The van der Waals surface area contributed by atoms with Crippen LogP contribution in [0.1, 0.15) is 29.5 Å². The number of carbonyl (C=O) groups is 1. The summed E-state index contributed by atoms with van der Waals surface area (Å²) in [7, 11) is 0. The predicted octanol–water partition coefficient (Wildman–Crippen LogP) is 1.71. The summed E-state index contributed by atoms with van der Waals surface area (Å²) in [4.78, 5) is 18.2. The van der Waals surface area contributed by atoms with Crippen LogP contribution in [0.5, 0.6) is 0 Å². The molecule has 0 aliphatic carbocycles. The molecule has 0 aliphatic heterocycles. The Morgan fingerprint density at radius 3 is 3.00 bits per heavy atom. The number of amides is 1. The highest BCUT2D eigenvalue weighted by Gasteiger charge is 2.12. The summed E-state index contributed by atoms with van der Waals surface area (Å²) in [6.07, 6.45) is 3.99. The summed E-state index contributed by atoms with van der Waals surface area (Å²) in [5, 5.41) is 12.0. The van der Waals surface area contributed by atoms with E-state index in [-0.39, 0.29) is 11.7 Å². The molecule has 0 radical (unpaired) electrons. The minimum atomic E-state index is -0.303. The highest BCUT2D eigenvalue weighted by atomic mass is 32.1. The van der Waals surface area contributed by atoms with Crippen molar-refractivity contribution < 1.29 is 4.79 Å². The molecule has 2 aromatic heterocycles. The van der Waals surface area contributed by atoms with E-state index in [2.05, 4.69) is 39.3 Å². The van der Waals surface area contributed by atoms with Gasteiger partial charge < -0.3 is 4.98 Å². The third-order valence-corrected chi connectivity index (χ3v) is 2.84. The number of aromatic amines is 1. The third-order valence-electron chi connectivity index (χ3n) is 1.98. The first kappa shape index (κ1) is 11.7. The number of H-pyrrole nitrogens is 1. The highest BCUT2D eigenvalue weighted by Crippen LogP contribution is 2.18. The summed E-state index contributed by atoms with van der Waals surface area (Å²) in [5.41, 5.74) is 0. The van der Waals surface area contributed by atoms with E-state index in [0.717, 1.165) is 11.4 Å². The van der Waals surface area contributed by atoms with E-state index >= 15 is 0 Å². The molecule has 2 rings (SSSR count). The number of carbonyl (C=O) groups excluding carboxylic acids is 1. The maximum Gasteiger partial charge on any atom is 0.293 e. The molecule has 90 valence electrons. The standard InChI is InChI=1S/C10H13N5OS/c1-6(2)5-7-14-15-10(17-7)13-9(16)8-11-3-4-12-8/h3-4,6H,5H2,1-2H3,(H,11,12)(H,13,15,16). The van der Waals surface area contributed by atoms with Crippen molar-refractivity contribution in [2.75, 3.05) is 5.32 Å². The molecular weight excluding hydrogens is 238 g/mol. The van der Waals surface area contributed by atoms with E-state index in [0.29, 0.717) is 11.0 Å². The van der Waals surface area contributed by atoms with Gasteiger partial charge >= 0.3 is 0 Å². The largest absolute Gasteiger partial charge is 0.341 e. The van der Waals surface area contributed by atoms with E-state index < -0.39 is 0 Å². The summed E-state index contributed by atoms with van der Waals surface area (Å²) < 4.78 is 0. The second-order valence-corrected chi connectivity index (χ2v) is 5.05. The van der Waals surface area contributed by atoms with E-state index in [1.54, 1.807) is 6.20 Å². The van der Waals surface area contributed by atoms with Crippen LogP contribution in [0.3, 0.4) is 0 Å². The Morgan fingerprint density at radius 2 is 2.35 bits per heavy atom. The second kappa shape index (κ2) is 5.05. The van der Waals surface area contributed by atoms with Gasteiger partial charge in [-0.1, -0.05) is 25.2 Å². The van der Waals surface area contributed by atoms with Crippen LogP contribution in [0.2, 0.25) is 0 Å². The highest BCUT2D eigenvalue weighted by molar-refractivity contribution is 7.15. The first-order valence-electron chi connectivity index (χ1n) is 5.28. The van der Waals surface area contributed by atoms with Gasteiger partial charge in [0.2, 0.25) is 5.13 Å². The summed E-state index contributed by atoms with van der Waals surface area (Å²) in [6.45, 7) is 4.23. The fourth-order valence-corrected chi connectivity index (χ4v) is 2.23. The number of nitrogens with one attached hydrogen (secondary N) is 2. The molecule has 17 heavy (non-hydrogen) atoms. The quantitative estimate of drug-likeness (QED) is 0.866. The number of hydrogen-bond donors (Lipinski definition) is 2. The van der Waals surface area contributed by atoms with Crippen molar-refractivity contribution in [2.45, 2.75) is 20.3 Å². The lowest BCUT2D eigenvalue weighted by atomic mass is 10.1. The van der Waals surface area contributed by atoms with Crippen molar-refractivity contribution in [3.8, 4) is 0 Å². The Hall–Kier alpha value is -1.76. The predicted molar refractivity (Wildman–Crippen MR) is 65.0 cm³/mol. The van der Waals surface area contributed by atoms with Gasteiger partial charge in [0.25, 0.3) is 5.91 Å². The molecule has 0 aromatic carbocycles. The molecule has 0 fully saturated rings. The van der Waals surface area contributed by atoms with Crippen LogP contribution in [-0.4, -0.2) is 26.1 Å². The molecule has 1 amide bonds. The van der Waals surface area contributed by atoms with Crippen molar-refractivity contribution in [3.05, 3.63) is 23.2 Å².